The van der Waals surface area contributed by atoms with Crippen molar-refractivity contribution in [3.8, 4) is 10.6 Å². The van der Waals surface area contributed by atoms with E-state index in [1.165, 1.54) is 23.5 Å². The summed E-state index contributed by atoms with van der Waals surface area (Å²) >= 11 is 7.97. The van der Waals surface area contributed by atoms with E-state index in [-0.39, 0.29) is 11.3 Å². The third-order valence-corrected chi connectivity index (χ3v) is 6.94. The molecule has 1 amide bonds. The molecular formula is C24H19ClN4O4S. The molecule has 0 spiro atoms. The van der Waals surface area contributed by atoms with Gasteiger partial charge in [-0.05, 0) is 36.4 Å². The van der Waals surface area contributed by atoms with E-state index < -0.39 is 10.8 Å². The fourth-order valence-corrected chi connectivity index (χ4v) is 5.11. The van der Waals surface area contributed by atoms with Crippen molar-refractivity contribution in [3.63, 3.8) is 0 Å². The average Bonchev–Trinajstić information content (AvgIpc) is 3.29. The van der Waals surface area contributed by atoms with Gasteiger partial charge in [0.05, 0.1) is 44.6 Å². The van der Waals surface area contributed by atoms with Gasteiger partial charge in [0.25, 0.3) is 11.6 Å². The number of ether oxygens (including phenoxy) is 1. The highest BCUT2D eigenvalue weighted by Crippen LogP contribution is 2.36. The molecule has 2 heterocycles. The number of anilines is 2. The van der Waals surface area contributed by atoms with Gasteiger partial charge in [0, 0.05) is 36.5 Å². The number of morpholine rings is 1. The molecule has 8 nitrogen and oxygen atoms in total. The van der Waals surface area contributed by atoms with Crippen molar-refractivity contribution in [2.75, 3.05) is 36.5 Å². The van der Waals surface area contributed by atoms with E-state index in [1.807, 2.05) is 29.2 Å². The maximum absolute atomic E-state index is 13.3. The number of nitrogens with zero attached hydrogens (tertiary/aromatic N) is 3. The zero-order valence-corrected chi connectivity index (χ0v) is 19.4. The smallest absolute Gasteiger partial charge is 0.270 e. The molecule has 1 fully saturated rings. The molecule has 0 aliphatic carbocycles. The molecule has 5 rings (SSSR count). The van der Waals surface area contributed by atoms with Gasteiger partial charge in [-0.2, -0.15) is 0 Å². The number of nitrogens with one attached hydrogen (secondary N) is 1. The van der Waals surface area contributed by atoms with Crippen molar-refractivity contribution < 1.29 is 14.5 Å². The number of hydrogen-bond acceptors (Lipinski definition) is 7. The Balaban J connectivity index is 1.48. The second kappa shape index (κ2) is 9.38. The topological polar surface area (TPSA) is 97.6 Å². The summed E-state index contributed by atoms with van der Waals surface area (Å²) in [5, 5.41) is 15.5. The molecule has 172 valence electrons. The van der Waals surface area contributed by atoms with Gasteiger partial charge in [0.1, 0.15) is 5.01 Å². The molecule has 0 bridgehead atoms. The number of benzene rings is 3. The minimum Gasteiger partial charge on any atom is -0.378 e. The second-order valence-corrected chi connectivity index (χ2v) is 9.13. The van der Waals surface area contributed by atoms with Crippen molar-refractivity contribution in [1.29, 1.82) is 0 Å². The van der Waals surface area contributed by atoms with Crippen LogP contribution in [0.3, 0.4) is 0 Å². The maximum Gasteiger partial charge on any atom is 0.270 e. The molecule has 3 aromatic carbocycles. The summed E-state index contributed by atoms with van der Waals surface area (Å²) in [5.41, 5.74) is 2.81. The van der Waals surface area contributed by atoms with E-state index >= 15 is 0 Å². The lowest BCUT2D eigenvalue weighted by Gasteiger charge is -2.30. The largest absolute Gasteiger partial charge is 0.378 e. The van der Waals surface area contributed by atoms with Crippen LogP contribution in [0.2, 0.25) is 5.02 Å². The lowest BCUT2D eigenvalue weighted by molar-refractivity contribution is -0.384. The number of carbonyl (C=O) groups excluding carboxylic acids is 1. The Labute approximate surface area is 203 Å². The number of aromatic nitrogens is 1. The number of non-ortho nitro benzene ring substituents is 1. The predicted octanol–water partition coefficient (Wildman–Crippen LogP) is 5.61. The van der Waals surface area contributed by atoms with Crippen LogP contribution in [0.25, 0.3) is 20.8 Å². The summed E-state index contributed by atoms with van der Waals surface area (Å²) in [6.07, 6.45) is 0. The lowest BCUT2D eigenvalue weighted by atomic mass is 10.1. The quantitative estimate of drug-likeness (QED) is 0.286. The van der Waals surface area contributed by atoms with Crippen LogP contribution < -0.4 is 10.2 Å². The van der Waals surface area contributed by atoms with Gasteiger partial charge in [-0.1, -0.05) is 23.7 Å². The zero-order chi connectivity index (χ0) is 23.7. The van der Waals surface area contributed by atoms with Crippen LogP contribution in [0.5, 0.6) is 0 Å². The number of thiazole rings is 1. The van der Waals surface area contributed by atoms with E-state index in [1.54, 1.807) is 24.3 Å². The molecule has 1 aliphatic rings. The van der Waals surface area contributed by atoms with Gasteiger partial charge in [-0.15, -0.1) is 11.3 Å². The average molecular weight is 495 g/mol. The Morgan fingerprint density at radius 3 is 2.68 bits per heavy atom. The number of para-hydroxylation sites is 1. The van der Waals surface area contributed by atoms with Crippen molar-refractivity contribution >= 4 is 56.1 Å². The minimum absolute atomic E-state index is 0.145. The number of nitro benzene ring substituents is 1. The molecule has 0 radical (unpaired) electrons. The van der Waals surface area contributed by atoms with Crippen LogP contribution in [0.1, 0.15) is 10.4 Å². The Bertz CT molecular complexity index is 1370. The Kier molecular flexibility index (Phi) is 6.14. The van der Waals surface area contributed by atoms with E-state index in [0.29, 0.717) is 48.3 Å². The third kappa shape index (κ3) is 4.45. The normalized spacial score (nSPS) is 13.7. The summed E-state index contributed by atoms with van der Waals surface area (Å²) in [7, 11) is 0. The van der Waals surface area contributed by atoms with E-state index in [9.17, 15) is 14.9 Å². The molecular weight excluding hydrogens is 476 g/mol. The zero-order valence-electron chi connectivity index (χ0n) is 17.9. The van der Waals surface area contributed by atoms with Crippen molar-refractivity contribution in [2.24, 2.45) is 0 Å². The molecule has 1 aliphatic heterocycles. The Morgan fingerprint density at radius 2 is 1.91 bits per heavy atom. The number of halogens is 1. The van der Waals surface area contributed by atoms with Crippen LogP contribution in [-0.4, -0.2) is 42.1 Å². The maximum atomic E-state index is 13.3. The summed E-state index contributed by atoms with van der Waals surface area (Å²) in [6.45, 7) is 2.25. The van der Waals surface area contributed by atoms with Gasteiger partial charge in [0.2, 0.25) is 0 Å². The molecule has 1 N–H and O–H groups in total. The monoisotopic (exact) mass is 494 g/mol. The molecule has 0 unspecified atom stereocenters. The lowest BCUT2D eigenvalue weighted by Crippen LogP contribution is -2.37. The standard InChI is InChI=1S/C24H19ClN4O4S/c25-19-7-5-15(13-17(19)24-27-20-3-1-2-4-22(20)34-24)26-23(30)18-14-16(29(31)32)6-8-21(18)28-9-11-33-12-10-28/h1-8,13-14H,9-12H2,(H,26,30). The van der Waals surface area contributed by atoms with Crippen LogP contribution >= 0.6 is 22.9 Å². The Hall–Kier alpha value is -3.53. The van der Waals surface area contributed by atoms with Gasteiger partial charge >= 0.3 is 0 Å². The SMILES string of the molecule is O=C(Nc1ccc(Cl)c(-c2nc3ccccc3s2)c1)c1cc([N+](=O)[O-])ccc1N1CCOCC1. The number of hydrogen-bond donors (Lipinski definition) is 1. The van der Waals surface area contributed by atoms with Crippen LogP contribution in [-0.2, 0) is 4.74 Å². The molecule has 10 heteroatoms. The van der Waals surface area contributed by atoms with Gasteiger partial charge in [-0.3, -0.25) is 14.9 Å². The highest BCUT2D eigenvalue weighted by molar-refractivity contribution is 7.21. The fraction of sp³-hybridized carbons (Fsp3) is 0.167. The third-order valence-electron chi connectivity index (χ3n) is 5.54. The molecule has 34 heavy (non-hydrogen) atoms. The molecule has 0 saturated carbocycles. The summed E-state index contributed by atoms with van der Waals surface area (Å²) in [4.78, 5) is 30.8. The second-order valence-electron chi connectivity index (χ2n) is 7.69. The van der Waals surface area contributed by atoms with Crippen LogP contribution in [0.15, 0.2) is 60.7 Å². The first kappa shape index (κ1) is 22.3. The molecule has 4 aromatic rings. The number of amides is 1. The van der Waals surface area contributed by atoms with Gasteiger partial charge in [-0.25, -0.2) is 4.98 Å². The number of rotatable bonds is 5. The highest BCUT2D eigenvalue weighted by atomic mass is 35.5. The van der Waals surface area contributed by atoms with E-state index in [4.69, 9.17) is 16.3 Å². The molecule has 1 saturated heterocycles. The van der Waals surface area contributed by atoms with Crippen molar-refractivity contribution in [3.05, 3.63) is 81.4 Å². The highest BCUT2D eigenvalue weighted by Gasteiger charge is 2.22. The first-order chi connectivity index (χ1) is 16.5. The van der Waals surface area contributed by atoms with Gasteiger partial charge in [0.15, 0.2) is 0 Å². The van der Waals surface area contributed by atoms with E-state index in [2.05, 4.69) is 10.3 Å². The molecule has 1 aromatic heterocycles. The molecule has 0 atom stereocenters. The van der Waals surface area contributed by atoms with Crippen molar-refractivity contribution in [1.82, 2.24) is 4.98 Å². The van der Waals surface area contributed by atoms with E-state index in [0.717, 1.165) is 15.2 Å². The number of fused-ring (bicyclic) bond motifs is 1. The predicted molar refractivity (Wildman–Crippen MR) is 134 cm³/mol. The van der Waals surface area contributed by atoms with Gasteiger partial charge < -0.3 is 15.0 Å². The fourth-order valence-electron chi connectivity index (χ4n) is 3.85. The summed E-state index contributed by atoms with van der Waals surface area (Å²) in [5.74, 6) is -0.442. The minimum atomic E-state index is -0.507. The summed E-state index contributed by atoms with van der Waals surface area (Å²) in [6, 6.07) is 17.3. The number of nitro groups is 1. The summed E-state index contributed by atoms with van der Waals surface area (Å²) < 4.78 is 6.44. The Morgan fingerprint density at radius 1 is 1.12 bits per heavy atom. The number of carbonyl (C=O) groups is 1. The van der Waals surface area contributed by atoms with Crippen LogP contribution in [0, 0.1) is 10.1 Å². The first-order valence-electron chi connectivity index (χ1n) is 10.6. The van der Waals surface area contributed by atoms with Crippen LogP contribution in [0.4, 0.5) is 17.1 Å². The first-order valence-corrected chi connectivity index (χ1v) is 11.8. The van der Waals surface area contributed by atoms with Crippen molar-refractivity contribution in [2.45, 2.75) is 0 Å².